The first kappa shape index (κ1) is 12.6. The van der Waals surface area contributed by atoms with Gasteiger partial charge in [-0.25, -0.2) is 4.98 Å². The highest BCUT2D eigenvalue weighted by Crippen LogP contribution is 2.16. The molecule has 0 bridgehead atoms. The third-order valence-corrected chi connectivity index (χ3v) is 3.57. The standard InChI is InChI=1S/C13H15N3OS/c1-9-12(18-8-16-9)7-15-11-4-2-10(3-5-11)6-13(14)17/h2-5,8,15H,6-7H2,1H3,(H2,14,17). The molecule has 0 spiro atoms. The first-order valence-electron chi connectivity index (χ1n) is 5.65. The van der Waals surface area contributed by atoms with E-state index in [1.165, 1.54) is 4.88 Å². The Morgan fingerprint density at radius 3 is 2.67 bits per heavy atom. The molecule has 0 atom stereocenters. The number of carbonyl (C=O) groups is 1. The van der Waals surface area contributed by atoms with Gasteiger partial charge >= 0.3 is 0 Å². The minimum Gasteiger partial charge on any atom is -0.380 e. The zero-order valence-electron chi connectivity index (χ0n) is 10.1. The summed E-state index contributed by atoms with van der Waals surface area (Å²) in [6.45, 7) is 2.77. The molecule has 94 valence electrons. The molecule has 2 rings (SSSR count). The number of hydrogen-bond acceptors (Lipinski definition) is 4. The first-order chi connectivity index (χ1) is 8.65. The summed E-state index contributed by atoms with van der Waals surface area (Å²) in [7, 11) is 0. The Kier molecular flexibility index (Phi) is 3.94. The van der Waals surface area contributed by atoms with Crippen LogP contribution in [0.1, 0.15) is 16.1 Å². The number of rotatable bonds is 5. The van der Waals surface area contributed by atoms with Crippen molar-refractivity contribution in [2.75, 3.05) is 5.32 Å². The number of amides is 1. The lowest BCUT2D eigenvalue weighted by molar-refractivity contribution is -0.117. The number of aromatic nitrogens is 1. The summed E-state index contributed by atoms with van der Waals surface area (Å²) in [5.41, 5.74) is 10.0. The van der Waals surface area contributed by atoms with Gasteiger partial charge in [0.15, 0.2) is 0 Å². The van der Waals surface area contributed by atoms with Gasteiger partial charge in [0.1, 0.15) is 0 Å². The molecule has 0 saturated heterocycles. The van der Waals surface area contributed by atoms with Crippen molar-refractivity contribution in [3.05, 3.63) is 45.9 Å². The van der Waals surface area contributed by atoms with Gasteiger partial charge < -0.3 is 11.1 Å². The van der Waals surface area contributed by atoms with Gasteiger partial charge in [-0.05, 0) is 24.6 Å². The highest BCUT2D eigenvalue weighted by Gasteiger charge is 2.02. The van der Waals surface area contributed by atoms with E-state index < -0.39 is 0 Å². The van der Waals surface area contributed by atoms with E-state index >= 15 is 0 Å². The van der Waals surface area contributed by atoms with E-state index in [4.69, 9.17) is 5.73 Å². The fraction of sp³-hybridized carbons (Fsp3) is 0.231. The fourth-order valence-corrected chi connectivity index (χ4v) is 2.34. The molecule has 0 aliphatic heterocycles. The normalized spacial score (nSPS) is 10.3. The molecule has 0 aliphatic rings. The molecule has 18 heavy (non-hydrogen) atoms. The predicted octanol–water partition coefficient (Wildman–Crippen LogP) is 2.09. The van der Waals surface area contributed by atoms with E-state index in [9.17, 15) is 4.79 Å². The van der Waals surface area contributed by atoms with Gasteiger partial charge in [-0.1, -0.05) is 12.1 Å². The van der Waals surface area contributed by atoms with Crippen molar-refractivity contribution in [1.82, 2.24) is 4.98 Å². The van der Waals surface area contributed by atoms with Crippen molar-refractivity contribution in [3.8, 4) is 0 Å². The number of carbonyl (C=O) groups excluding carboxylic acids is 1. The summed E-state index contributed by atoms with van der Waals surface area (Å²) in [4.78, 5) is 16.2. The van der Waals surface area contributed by atoms with Crippen molar-refractivity contribution in [2.45, 2.75) is 19.9 Å². The van der Waals surface area contributed by atoms with Crippen LogP contribution in [0.5, 0.6) is 0 Å². The minimum atomic E-state index is -0.309. The third-order valence-electron chi connectivity index (χ3n) is 2.63. The first-order valence-corrected chi connectivity index (χ1v) is 6.53. The molecule has 0 radical (unpaired) electrons. The van der Waals surface area contributed by atoms with Crippen molar-refractivity contribution in [1.29, 1.82) is 0 Å². The maximum absolute atomic E-state index is 10.8. The Labute approximate surface area is 110 Å². The molecule has 0 fully saturated rings. The number of nitrogens with one attached hydrogen (secondary N) is 1. The van der Waals surface area contributed by atoms with Gasteiger partial charge in [-0.2, -0.15) is 0 Å². The lowest BCUT2D eigenvalue weighted by Crippen LogP contribution is -2.13. The van der Waals surface area contributed by atoms with Crippen LogP contribution in [-0.2, 0) is 17.8 Å². The molecule has 1 heterocycles. The van der Waals surface area contributed by atoms with Crippen molar-refractivity contribution in [2.24, 2.45) is 5.73 Å². The lowest BCUT2D eigenvalue weighted by atomic mass is 10.1. The largest absolute Gasteiger partial charge is 0.380 e. The number of thiazole rings is 1. The highest BCUT2D eigenvalue weighted by atomic mass is 32.1. The van der Waals surface area contributed by atoms with E-state index in [0.717, 1.165) is 23.5 Å². The van der Waals surface area contributed by atoms with Gasteiger partial charge in [0.25, 0.3) is 0 Å². The van der Waals surface area contributed by atoms with Crippen LogP contribution >= 0.6 is 11.3 Å². The second-order valence-corrected chi connectivity index (χ2v) is 4.99. The van der Waals surface area contributed by atoms with E-state index in [-0.39, 0.29) is 12.3 Å². The maximum Gasteiger partial charge on any atom is 0.221 e. The maximum atomic E-state index is 10.8. The molecule has 4 nitrogen and oxygen atoms in total. The average molecular weight is 261 g/mol. The van der Waals surface area contributed by atoms with Crippen LogP contribution in [-0.4, -0.2) is 10.9 Å². The Hall–Kier alpha value is -1.88. The summed E-state index contributed by atoms with van der Waals surface area (Å²) in [6.07, 6.45) is 0.286. The lowest BCUT2D eigenvalue weighted by Gasteiger charge is -2.06. The number of benzene rings is 1. The molecule has 2 aromatic rings. The van der Waals surface area contributed by atoms with Crippen molar-refractivity contribution >= 4 is 22.9 Å². The monoisotopic (exact) mass is 261 g/mol. The molecule has 5 heteroatoms. The minimum absolute atomic E-state index is 0.286. The van der Waals surface area contributed by atoms with E-state index in [0.29, 0.717) is 0 Å². The van der Waals surface area contributed by atoms with Gasteiger partial charge in [-0.15, -0.1) is 11.3 Å². The van der Waals surface area contributed by atoms with Crippen molar-refractivity contribution in [3.63, 3.8) is 0 Å². The molecule has 0 aliphatic carbocycles. The average Bonchev–Trinajstić information content (AvgIpc) is 2.73. The van der Waals surface area contributed by atoms with Gasteiger partial charge in [0.05, 0.1) is 24.2 Å². The fourth-order valence-electron chi connectivity index (χ4n) is 1.62. The molecule has 1 aromatic carbocycles. The van der Waals surface area contributed by atoms with Crippen molar-refractivity contribution < 1.29 is 4.79 Å². The Bertz CT molecular complexity index is 533. The summed E-state index contributed by atoms with van der Waals surface area (Å²) in [5.74, 6) is -0.309. The van der Waals surface area contributed by atoms with E-state index in [1.807, 2.05) is 36.7 Å². The van der Waals surface area contributed by atoms with Gasteiger partial charge in [-0.3, -0.25) is 4.79 Å². The molecular formula is C13H15N3OS. The molecule has 0 unspecified atom stereocenters. The number of primary amides is 1. The number of hydrogen-bond donors (Lipinski definition) is 2. The summed E-state index contributed by atoms with van der Waals surface area (Å²) >= 11 is 1.65. The van der Waals surface area contributed by atoms with Crippen LogP contribution in [0.25, 0.3) is 0 Å². The Morgan fingerprint density at radius 2 is 2.11 bits per heavy atom. The van der Waals surface area contributed by atoms with Gasteiger partial charge in [0.2, 0.25) is 5.91 Å². The summed E-state index contributed by atoms with van der Waals surface area (Å²) < 4.78 is 0. The summed E-state index contributed by atoms with van der Waals surface area (Å²) in [5, 5.41) is 3.32. The smallest absolute Gasteiger partial charge is 0.221 e. The van der Waals surface area contributed by atoms with Crippen LogP contribution < -0.4 is 11.1 Å². The van der Waals surface area contributed by atoms with Crippen LogP contribution in [0, 0.1) is 6.92 Å². The molecular weight excluding hydrogens is 246 g/mol. The number of aryl methyl sites for hydroxylation is 1. The molecule has 3 N–H and O–H groups in total. The molecule has 1 aromatic heterocycles. The zero-order valence-corrected chi connectivity index (χ0v) is 11.0. The van der Waals surface area contributed by atoms with Crippen LogP contribution in [0.3, 0.4) is 0 Å². The van der Waals surface area contributed by atoms with Crippen LogP contribution in [0.15, 0.2) is 29.8 Å². The molecule has 1 amide bonds. The van der Waals surface area contributed by atoms with E-state index in [1.54, 1.807) is 11.3 Å². The Balaban J connectivity index is 1.94. The van der Waals surface area contributed by atoms with E-state index in [2.05, 4.69) is 10.3 Å². The molecule has 0 saturated carbocycles. The quantitative estimate of drug-likeness (QED) is 0.866. The van der Waals surface area contributed by atoms with Crippen LogP contribution in [0.2, 0.25) is 0 Å². The number of anilines is 1. The summed E-state index contributed by atoms with van der Waals surface area (Å²) in [6, 6.07) is 7.72. The number of nitrogens with zero attached hydrogens (tertiary/aromatic N) is 1. The topological polar surface area (TPSA) is 68.0 Å². The second kappa shape index (κ2) is 5.64. The van der Waals surface area contributed by atoms with Crippen LogP contribution in [0.4, 0.5) is 5.69 Å². The highest BCUT2D eigenvalue weighted by molar-refractivity contribution is 7.09. The Morgan fingerprint density at radius 1 is 1.39 bits per heavy atom. The predicted molar refractivity (Wildman–Crippen MR) is 73.5 cm³/mol. The number of nitrogens with two attached hydrogens (primary N) is 1. The van der Waals surface area contributed by atoms with Gasteiger partial charge in [0, 0.05) is 10.6 Å². The third kappa shape index (κ3) is 3.30. The second-order valence-electron chi connectivity index (χ2n) is 4.05. The SMILES string of the molecule is Cc1ncsc1CNc1ccc(CC(N)=O)cc1. The zero-order chi connectivity index (χ0) is 13.0.